The van der Waals surface area contributed by atoms with E-state index in [2.05, 4.69) is 11.6 Å². The van der Waals surface area contributed by atoms with Gasteiger partial charge in [-0.15, -0.1) is 0 Å². The number of hydrogen-bond acceptors (Lipinski definition) is 2. The topological polar surface area (TPSA) is 29.5 Å². The van der Waals surface area contributed by atoms with Crippen molar-refractivity contribution in [1.29, 1.82) is 0 Å². The third kappa shape index (κ3) is 3.36. The van der Waals surface area contributed by atoms with E-state index in [9.17, 15) is 4.57 Å². The molecule has 2 aromatic carbocycles. The third-order valence-electron chi connectivity index (χ3n) is 6.18. The van der Waals surface area contributed by atoms with Crippen LogP contribution in [0.25, 0.3) is 0 Å². The maximum absolute atomic E-state index is 15.0. The third-order valence-corrected chi connectivity index (χ3v) is 9.34. The first-order valence-electron chi connectivity index (χ1n) is 10.5. The second kappa shape index (κ2) is 8.27. The summed E-state index contributed by atoms with van der Waals surface area (Å²) in [6, 6.07) is 19.9. The SMILES string of the molecule is CCO[C@H]1C[C@H]2CCCCC2=C(C)N1P(=O)(c1ccccc1)c1ccccc1. The van der Waals surface area contributed by atoms with E-state index >= 15 is 0 Å². The molecule has 1 fully saturated rings. The lowest BCUT2D eigenvalue weighted by Crippen LogP contribution is -2.45. The standard InChI is InChI=1S/C24H30NO2P/c1-3-27-24-18-20-12-10-11-17-23(20)19(2)25(24)28(26,21-13-6-4-7-14-21)22-15-8-5-9-16-22/h4-9,13-16,20,24H,3,10-12,17-18H2,1-2H3/t20-,24+/m1/s1. The first-order chi connectivity index (χ1) is 13.7. The molecule has 1 heterocycles. The van der Waals surface area contributed by atoms with Gasteiger partial charge < -0.3 is 4.74 Å². The van der Waals surface area contributed by atoms with E-state index in [-0.39, 0.29) is 6.23 Å². The summed E-state index contributed by atoms with van der Waals surface area (Å²) < 4.78 is 23.3. The minimum Gasteiger partial charge on any atom is -0.358 e. The molecule has 4 heteroatoms. The Morgan fingerprint density at radius 1 is 1.00 bits per heavy atom. The molecule has 4 rings (SSSR count). The fourth-order valence-electron chi connectivity index (χ4n) is 4.91. The van der Waals surface area contributed by atoms with Crippen molar-refractivity contribution in [2.24, 2.45) is 5.92 Å². The molecule has 148 valence electrons. The van der Waals surface area contributed by atoms with Crippen LogP contribution in [0.2, 0.25) is 0 Å². The molecule has 3 nitrogen and oxygen atoms in total. The average molecular weight is 395 g/mol. The normalized spacial score (nSPS) is 22.9. The Labute approximate surface area is 168 Å². The van der Waals surface area contributed by atoms with E-state index in [0.29, 0.717) is 12.5 Å². The van der Waals surface area contributed by atoms with Gasteiger partial charge in [-0.05, 0) is 75.3 Å². The lowest BCUT2D eigenvalue weighted by atomic mass is 9.79. The molecule has 0 N–H and O–H groups in total. The monoisotopic (exact) mass is 395 g/mol. The van der Waals surface area contributed by atoms with Crippen molar-refractivity contribution < 1.29 is 9.30 Å². The molecule has 1 saturated carbocycles. The van der Waals surface area contributed by atoms with E-state index in [1.807, 2.05) is 67.6 Å². The van der Waals surface area contributed by atoms with Crippen LogP contribution in [-0.4, -0.2) is 17.5 Å². The van der Waals surface area contributed by atoms with Crippen LogP contribution in [0.5, 0.6) is 0 Å². The molecule has 2 atom stereocenters. The fraction of sp³-hybridized carbons (Fsp3) is 0.417. The Balaban J connectivity index is 1.92. The highest BCUT2D eigenvalue weighted by atomic mass is 31.2. The molecule has 0 aromatic heterocycles. The predicted octanol–water partition coefficient (Wildman–Crippen LogP) is 5.45. The number of ether oxygens (including phenoxy) is 1. The van der Waals surface area contributed by atoms with Crippen molar-refractivity contribution in [3.05, 3.63) is 71.9 Å². The maximum Gasteiger partial charge on any atom is 0.231 e. The van der Waals surface area contributed by atoms with Crippen molar-refractivity contribution in [1.82, 2.24) is 4.67 Å². The second-order valence-corrected chi connectivity index (χ2v) is 10.4. The van der Waals surface area contributed by atoms with E-state index in [1.54, 1.807) is 0 Å². The summed E-state index contributed by atoms with van der Waals surface area (Å²) in [4.78, 5) is 0. The maximum atomic E-state index is 15.0. The smallest absolute Gasteiger partial charge is 0.231 e. The highest BCUT2D eigenvalue weighted by Gasteiger charge is 2.44. The lowest BCUT2D eigenvalue weighted by molar-refractivity contribution is -0.0242. The first-order valence-corrected chi connectivity index (χ1v) is 12.1. The summed E-state index contributed by atoms with van der Waals surface area (Å²) in [6.45, 7) is 4.82. The number of allylic oxidation sites excluding steroid dienone is 2. The van der Waals surface area contributed by atoms with Gasteiger partial charge in [0.05, 0.1) is 0 Å². The molecule has 0 amide bonds. The summed E-state index contributed by atoms with van der Waals surface area (Å²) in [5, 5.41) is 1.75. The zero-order valence-corrected chi connectivity index (χ0v) is 17.8. The van der Waals surface area contributed by atoms with Gasteiger partial charge in [0.1, 0.15) is 6.23 Å². The van der Waals surface area contributed by atoms with Crippen LogP contribution in [0.4, 0.5) is 0 Å². The summed E-state index contributed by atoms with van der Waals surface area (Å²) in [7, 11) is -3.05. The van der Waals surface area contributed by atoms with E-state index in [0.717, 1.165) is 23.5 Å². The summed E-state index contributed by atoms with van der Waals surface area (Å²) in [5.74, 6) is 0.571. The summed E-state index contributed by atoms with van der Waals surface area (Å²) in [6.07, 6.45) is 5.65. The van der Waals surface area contributed by atoms with Crippen molar-refractivity contribution in [2.75, 3.05) is 6.61 Å². The van der Waals surface area contributed by atoms with Gasteiger partial charge in [-0.25, -0.2) is 0 Å². The van der Waals surface area contributed by atoms with Crippen LogP contribution in [0.15, 0.2) is 71.9 Å². The second-order valence-electron chi connectivity index (χ2n) is 7.79. The van der Waals surface area contributed by atoms with Crippen LogP contribution in [0.1, 0.15) is 46.0 Å². The van der Waals surface area contributed by atoms with E-state index < -0.39 is 7.29 Å². The van der Waals surface area contributed by atoms with Crippen molar-refractivity contribution >= 4 is 17.9 Å². The van der Waals surface area contributed by atoms with Gasteiger partial charge in [0.15, 0.2) is 0 Å². The van der Waals surface area contributed by atoms with E-state index in [1.165, 1.54) is 30.5 Å². The lowest BCUT2D eigenvalue weighted by Gasteiger charge is -2.47. The molecule has 0 radical (unpaired) electrons. The van der Waals surface area contributed by atoms with Gasteiger partial charge in [0, 0.05) is 22.9 Å². The molecule has 0 bridgehead atoms. The predicted molar refractivity (Wildman–Crippen MR) is 116 cm³/mol. The van der Waals surface area contributed by atoms with Crippen LogP contribution >= 0.6 is 7.29 Å². The highest BCUT2D eigenvalue weighted by Crippen LogP contribution is 2.56. The molecule has 0 unspecified atom stereocenters. The summed E-state index contributed by atoms with van der Waals surface area (Å²) >= 11 is 0. The minimum atomic E-state index is -3.05. The van der Waals surface area contributed by atoms with Crippen LogP contribution in [0.3, 0.4) is 0 Å². The molecule has 28 heavy (non-hydrogen) atoms. The number of benzene rings is 2. The number of fused-ring (bicyclic) bond motifs is 1. The Bertz CT molecular complexity index is 834. The average Bonchev–Trinajstić information content (AvgIpc) is 2.75. The number of rotatable bonds is 5. The molecule has 1 aliphatic carbocycles. The van der Waals surface area contributed by atoms with Gasteiger partial charge in [-0.3, -0.25) is 9.24 Å². The van der Waals surface area contributed by atoms with Gasteiger partial charge in [0.25, 0.3) is 0 Å². The number of hydrogen-bond donors (Lipinski definition) is 0. The van der Waals surface area contributed by atoms with Gasteiger partial charge in [-0.1, -0.05) is 42.8 Å². The quantitative estimate of drug-likeness (QED) is 0.631. The van der Waals surface area contributed by atoms with E-state index in [4.69, 9.17) is 4.74 Å². The molecular formula is C24H30NO2P. The van der Waals surface area contributed by atoms with Crippen LogP contribution < -0.4 is 10.6 Å². The molecule has 0 spiro atoms. The Morgan fingerprint density at radius 2 is 1.61 bits per heavy atom. The molecular weight excluding hydrogens is 365 g/mol. The molecule has 2 aliphatic rings. The fourth-order valence-corrected chi connectivity index (χ4v) is 7.93. The molecule has 0 saturated heterocycles. The van der Waals surface area contributed by atoms with Gasteiger partial charge in [-0.2, -0.15) is 0 Å². The van der Waals surface area contributed by atoms with Crippen molar-refractivity contribution in [3.63, 3.8) is 0 Å². The number of nitrogens with zero attached hydrogens (tertiary/aromatic N) is 1. The Kier molecular flexibility index (Phi) is 5.75. The zero-order chi connectivity index (χ0) is 19.6. The minimum absolute atomic E-state index is 0.150. The molecule has 1 aliphatic heterocycles. The highest BCUT2D eigenvalue weighted by molar-refractivity contribution is 7.76. The van der Waals surface area contributed by atoms with Crippen LogP contribution in [-0.2, 0) is 9.30 Å². The Hall–Kier alpha value is -1.83. The Morgan fingerprint density at radius 3 is 2.18 bits per heavy atom. The summed E-state index contributed by atoms with van der Waals surface area (Å²) in [5.41, 5.74) is 2.67. The zero-order valence-electron chi connectivity index (χ0n) is 16.9. The van der Waals surface area contributed by atoms with Crippen molar-refractivity contribution in [3.8, 4) is 0 Å². The van der Waals surface area contributed by atoms with Gasteiger partial charge >= 0.3 is 0 Å². The van der Waals surface area contributed by atoms with Crippen LogP contribution in [0, 0.1) is 5.92 Å². The largest absolute Gasteiger partial charge is 0.358 e. The molecule has 2 aromatic rings. The van der Waals surface area contributed by atoms with Crippen molar-refractivity contribution in [2.45, 2.75) is 52.2 Å². The van der Waals surface area contributed by atoms with Gasteiger partial charge in [0.2, 0.25) is 7.29 Å². The first kappa shape index (κ1) is 19.5.